The minimum Gasteiger partial charge on any atom is -0.493 e. The van der Waals surface area contributed by atoms with Crippen molar-refractivity contribution in [2.24, 2.45) is 0 Å². The monoisotopic (exact) mass is 550 g/mol. The molecule has 1 saturated heterocycles. The highest BCUT2D eigenvalue weighted by Crippen LogP contribution is 2.34. The van der Waals surface area contributed by atoms with E-state index in [0.29, 0.717) is 34.6 Å². The summed E-state index contributed by atoms with van der Waals surface area (Å²) in [4.78, 5) is 38.7. The molecule has 3 rings (SSSR count). The van der Waals surface area contributed by atoms with E-state index in [4.69, 9.17) is 32.7 Å². The molecule has 1 heterocycles. The number of hydrogen-bond donors (Lipinski definition) is 1. The van der Waals surface area contributed by atoms with Gasteiger partial charge in [0.2, 0.25) is 11.8 Å². The maximum atomic E-state index is 11.8. The second-order valence-electron chi connectivity index (χ2n) is 8.88. The summed E-state index contributed by atoms with van der Waals surface area (Å²) in [5.74, 6) is -0.260. The number of methoxy groups -OCH3 is 1. The third-order valence-electron chi connectivity index (χ3n) is 6.28. The fourth-order valence-electron chi connectivity index (χ4n) is 4.33. The second kappa shape index (κ2) is 13.7. The van der Waals surface area contributed by atoms with Gasteiger partial charge in [0, 0.05) is 25.4 Å². The molecule has 2 aromatic carbocycles. The predicted octanol–water partition coefficient (Wildman–Crippen LogP) is 5.35. The van der Waals surface area contributed by atoms with E-state index in [-0.39, 0.29) is 44.2 Å². The molecule has 1 aliphatic heterocycles. The number of nitrogens with zero attached hydrogens (tertiary/aromatic N) is 2. The van der Waals surface area contributed by atoms with Gasteiger partial charge in [0.15, 0.2) is 11.5 Å². The molecule has 1 N–H and O–H groups in total. The molecule has 0 radical (unpaired) electrons. The molecule has 1 atom stereocenters. The molecular weight excluding hydrogens is 519 g/mol. The van der Waals surface area contributed by atoms with Crippen LogP contribution in [0.5, 0.6) is 11.5 Å². The lowest BCUT2D eigenvalue weighted by molar-refractivity contribution is -0.140. The molecular formula is C27H32Cl2N2O6. The number of hydrogen-bond acceptors (Lipinski definition) is 6. The lowest BCUT2D eigenvalue weighted by atomic mass is 10.0. The van der Waals surface area contributed by atoms with Gasteiger partial charge in [-0.05, 0) is 48.4 Å². The van der Waals surface area contributed by atoms with E-state index < -0.39 is 12.0 Å². The number of imide groups is 1. The number of amides is 2. The number of halogens is 2. The Labute approximate surface area is 227 Å². The van der Waals surface area contributed by atoms with Gasteiger partial charge in [0.25, 0.3) is 0 Å². The first-order valence-corrected chi connectivity index (χ1v) is 13.0. The number of unbranched alkanes of at least 4 members (excludes halogenated alkanes) is 1. The van der Waals surface area contributed by atoms with Gasteiger partial charge >= 0.3 is 5.97 Å². The highest BCUT2D eigenvalue weighted by molar-refractivity contribution is 6.42. The second-order valence-corrected chi connectivity index (χ2v) is 9.70. The topological polar surface area (TPSA) is 96.4 Å². The summed E-state index contributed by atoms with van der Waals surface area (Å²) < 4.78 is 11.4. The van der Waals surface area contributed by atoms with Crippen molar-refractivity contribution in [2.45, 2.75) is 51.6 Å². The molecule has 2 amide bonds. The van der Waals surface area contributed by atoms with Crippen LogP contribution in [-0.4, -0.2) is 59.5 Å². The highest BCUT2D eigenvalue weighted by Gasteiger charge is 2.28. The number of carboxylic acids is 1. The molecule has 2 aromatic rings. The first-order valence-electron chi connectivity index (χ1n) is 12.3. The SMILES string of the molecule is CCCCN(Cc1ccc(OCCN2C(=O)CCC2=O)c(OC)c1)C(CC(=O)O)c1ccc(Cl)c(Cl)c1. The van der Waals surface area contributed by atoms with Crippen molar-refractivity contribution in [1.82, 2.24) is 9.80 Å². The summed E-state index contributed by atoms with van der Waals surface area (Å²) in [6.45, 7) is 3.60. The van der Waals surface area contributed by atoms with E-state index in [1.807, 2.05) is 18.2 Å². The van der Waals surface area contributed by atoms with E-state index in [0.717, 1.165) is 24.0 Å². The fourth-order valence-corrected chi connectivity index (χ4v) is 4.64. The number of likely N-dealkylation sites (tertiary alicyclic amines) is 1. The van der Waals surface area contributed by atoms with Crippen LogP contribution in [0.1, 0.15) is 56.2 Å². The third kappa shape index (κ3) is 7.84. The molecule has 200 valence electrons. The smallest absolute Gasteiger partial charge is 0.305 e. The number of carbonyl (C=O) groups is 3. The molecule has 0 bridgehead atoms. The van der Waals surface area contributed by atoms with Gasteiger partial charge in [0.05, 0.1) is 30.1 Å². The van der Waals surface area contributed by atoms with Crippen LogP contribution < -0.4 is 9.47 Å². The summed E-state index contributed by atoms with van der Waals surface area (Å²) >= 11 is 12.3. The van der Waals surface area contributed by atoms with Crippen molar-refractivity contribution in [3.05, 3.63) is 57.6 Å². The zero-order valence-electron chi connectivity index (χ0n) is 21.0. The van der Waals surface area contributed by atoms with Crippen LogP contribution in [0.3, 0.4) is 0 Å². The molecule has 0 saturated carbocycles. The van der Waals surface area contributed by atoms with Crippen molar-refractivity contribution < 1.29 is 29.0 Å². The van der Waals surface area contributed by atoms with E-state index in [9.17, 15) is 19.5 Å². The largest absolute Gasteiger partial charge is 0.493 e. The Morgan fingerprint density at radius 2 is 1.81 bits per heavy atom. The van der Waals surface area contributed by atoms with Gasteiger partial charge in [-0.2, -0.15) is 0 Å². The van der Waals surface area contributed by atoms with Crippen molar-refractivity contribution >= 4 is 41.0 Å². The third-order valence-corrected chi connectivity index (χ3v) is 7.02. The van der Waals surface area contributed by atoms with Crippen molar-refractivity contribution in [1.29, 1.82) is 0 Å². The van der Waals surface area contributed by atoms with E-state index in [1.165, 1.54) is 12.0 Å². The first-order chi connectivity index (χ1) is 17.7. The molecule has 0 spiro atoms. The van der Waals surface area contributed by atoms with Gasteiger partial charge in [-0.3, -0.25) is 24.2 Å². The highest BCUT2D eigenvalue weighted by atomic mass is 35.5. The maximum Gasteiger partial charge on any atom is 0.305 e. The van der Waals surface area contributed by atoms with Crippen molar-refractivity contribution in [3.63, 3.8) is 0 Å². The van der Waals surface area contributed by atoms with Crippen molar-refractivity contribution in [3.8, 4) is 11.5 Å². The Bertz CT molecular complexity index is 1110. The Morgan fingerprint density at radius 3 is 2.43 bits per heavy atom. The zero-order valence-corrected chi connectivity index (χ0v) is 22.6. The molecule has 10 heteroatoms. The molecule has 0 aromatic heterocycles. The number of benzene rings is 2. The van der Waals surface area contributed by atoms with Gasteiger partial charge in [-0.15, -0.1) is 0 Å². The van der Waals surface area contributed by atoms with Crippen LogP contribution in [0.25, 0.3) is 0 Å². The molecule has 37 heavy (non-hydrogen) atoms. The van der Waals surface area contributed by atoms with Gasteiger partial charge < -0.3 is 14.6 Å². The number of carbonyl (C=O) groups excluding carboxylic acids is 2. The minimum absolute atomic E-state index is 0.0893. The van der Waals surface area contributed by atoms with Crippen LogP contribution in [0.4, 0.5) is 0 Å². The average molecular weight is 551 g/mol. The quantitative estimate of drug-likeness (QED) is 0.317. The predicted molar refractivity (Wildman–Crippen MR) is 141 cm³/mol. The Balaban J connectivity index is 1.78. The van der Waals surface area contributed by atoms with Crippen LogP contribution in [0, 0.1) is 0 Å². The lowest BCUT2D eigenvalue weighted by Gasteiger charge is -2.32. The molecule has 1 unspecified atom stereocenters. The van der Waals surface area contributed by atoms with Gasteiger partial charge in [-0.1, -0.05) is 48.7 Å². The summed E-state index contributed by atoms with van der Waals surface area (Å²) in [5, 5.41) is 10.4. The summed E-state index contributed by atoms with van der Waals surface area (Å²) in [7, 11) is 1.54. The zero-order chi connectivity index (χ0) is 26.9. The normalized spacial score (nSPS) is 14.4. The molecule has 1 fully saturated rings. The summed E-state index contributed by atoms with van der Waals surface area (Å²) in [6.07, 6.45) is 2.25. The minimum atomic E-state index is -0.908. The average Bonchev–Trinajstić information content (AvgIpc) is 3.19. The lowest BCUT2D eigenvalue weighted by Crippen LogP contribution is -2.33. The van der Waals surface area contributed by atoms with Crippen LogP contribution in [-0.2, 0) is 20.9 Å². The van der Waals surface area contributed by atoms with Crippen LogP contribution >= 0.6 is 23.2 Å². The van der Waals surface area contributed by atoms with Gasteiger partial charge in [0.1, 0.15) is 6.61 Å². The van der Waals surface area contributed by atoms with E-state index in [1.54, 1.807) is 18.2 Å². The van der Waals surface area contributed by atoms with Gasteiger partial charge in [-0.25, -0.2) is 0 Å². The molecule has 1 aliphatic rings. The van der Waals surface area contributed by atoms with E-state index in [2.05, 4.69) is 11.8 Å². The number of aliphatic carboxylic acids is 1. The molecule has 0 aliphatic carbocycles. The summed E-state index contributed by atoms with van der Waals surface area (Å²) in [5.41, 5.74) is 1.70. The molecule has 8 nitrogen and oxygen atoms in total. The van der Waals surface area contributed by atoms with E-state index >= 15 is 0 Å². The maximum absolute atomic E-state index is 11.8. The summed E-state index contributed by atoms with van der Waals surface area (Å²) in [6, 6.07) is 10.4. The standard InChI is InChI=1S/C27H32Cl2N2O6/c1-3-4-11-30(22(16-27(34)35)19-6-7-20(28)21(29)15-19)17-18-5-8-23(24(14-18)36-2)37-13-12-31-25(32)9-10-26(31)33/h5-8,14-15,22H,3-4,9-13,16-17H2,1-2H3,(H,34,35). The Morgan fingerprint density at radius 1 is 1.08 bits per heavy atom. The fraction of sp³-hybridized carbons (Fsp3) is 0.444. The number of carboxylic acid groups (broad SMARTS) is 1. The Hall–Kier alpha value is -2.81. The number of ether oxygens (including phenoxy) is 2. The first kappa shape index (κ1) is 28.8. The number of rotatable bonds is 14. The van der Waals surface area contributed by atoms with Crippen molar-refractivity contribution in [2.75, 3.05) is 26.8 Å². The van der Waals surface area contributed by atoms with Crippen LogP contribution in [0.15, 0.2) is 36.4 Å². The Kier molecular flexibility index (Phi) is 10.6. The van der Waals surface area contributed by atoms with Crippen LogP contribution in [0.2, 0.25) is 10.0 Å².